The summed E-state index contributed by atoms with van der Waals surface area (Å²) in [7, 11) is 0. The molecule has 0 spiro atoms. The first-order valence-corrected chi connectivity index (χ1v) is 5.69. The highest BCUT2D eigenvalue weighted by Crippen LogP contribution is 2.23. The number of H-pyrrole nitrogens is 1. The Morgan fingerprint density at radius 3 is 2.71 bits per heavy atom. The number of hydrogen-bond donors (Lipinski definition) is 1. The molecule has 1 unspecified atom stereocenters. The van der Waals surface area contributed by atoms with Gasteiger partial charge in [0.15, 0.2) is 0 Å². The van der Waals surface area contributed by atoms with Crippen LogP contribution < -0.4 is 0 Å². The summed E-state index contributed by atoms with van der Waals surface area (Å²) >= 11 is 0. The van der Waals surface area contributed by atoms with E-state index >= 15 is 0 Å². The Morgan fingerprint density at radius 1 is 1.12 bits per heavy atom. The summed E-state index contributed by atoms with van der Waals surface area (Å²) in [6.45, 7) is 2.15. The number of fused-ring (bicyclic) bond motifs is 1. The van der Waals surface area contributed by atoms with Crippen LogP contribution in [0.25, 0.3) is 11.0 Å². The molecule has 3 aromatic rings. The van der Waals surface area contributed by atoms with Crippen molar-refractivity contribution in [3.05, 3.63) is 60.2 Å². The zero-order valence-corrected chi connectivity index (χ0v) is 9.59. The topological polar surface area (TPSA) is 41.6 Å². The molecule has 3 nitrogen and oxygen atoms in total. The SMILES string of the molecule is CC(c1ccccc1)c1nc2ccncc2[nH]1. The van der Waals surface area contributed by atoms with Crippen LogP contribution in [0.1, 0.15) is 24.2 Å². The molecule has 3 heteroatoms. The van der Waals surface area contributed by atoms with E-state index in [-0.39, 0.29) is 5.92 Å². The van der Waals surface area contributed by atoms with Crippen molar-refractivity contribution in [2.24, 2.45) is 0 Å². The van der Waals surface area contributed by atoms with Gasteiger partial charge in [0.05, 0.1) is 17.2 Å². The minimum Gasteiger partial charge on any atom is -0.340 e. The van der Waals surface area contributed by atoms with Crippen molar-refractivity contribution in [3.63, 3.8) is 0 Å². The number of pyridine rings is 1. The zero-order chi connectivity index (χ0) is 11.7. The first kappa shape index (κ1) is 10.0. The molecule has 0 aliphatic rings. The molecule has 2 heterocycles. The lowest BCUT2D eigenvalue weighted by Gasteiger charge is -2.07. The quantitative estimate of drug-likeness (QED) is 0.725. The minimum absolute atomic E-state index is 0.267. The molecule has 0 saturated carbocycles. The number of nitrogens with zero attached hydrogens (tertiary/aromatic N) is 2. The van der Waals surface area contributed by atoms with Crippen molar-refractivity contribution in [3.8, 4) is 0 Å². The first-order valence-electron chi connectivity index (χ1n) is 5.69. The average molecular weight is 223 g/mol. The molecule has 84 valence electrons. The van der Waals surface area contributed by atoms with Crippen LogP contribution in [0.2, 0.25) is 0 Å². The summed E-state index contributed by atoms with van der Waals surface area (Å²) < 4.78 is 0. The maximum atomic E-state index is 4.59. The summed E-state index contributed by atoms with van der Waals surface area (Å²) in [5.74, 6) is 1.25. The lowest BCUT2D eigenvalue weighted by atomic mass is 10.0. The summed E-state index contributed by atoms with van der Waals surface area (Å²) in [6.07, 6.45) is 3.57. The van der Waals surface area contributed by atoms with E-state index < -0.39 is 0 Å². The van der Waals surface area contributed by atoms with E-state index in [0.29, 0.717) is 0 Å². The van der Waals surface area contributed by atoms with Crippen LogP contribution in [0.15, 0.2) is 48.8 Å². The number of nitrogens with one attached hydrogen (secondary N) is 1. The van der Waals surface area contributed by atoms with Crippen molar-refractivity contribution in [1.82, 2.24) is 15.0 Å². The zero-order valence-electron chi connectivity index (χ0n) is 9.59. The smallest absolute Gasteiger partial charge is 0.114 e. The van der Waals surface area contributed by atoms with E-state index in [0.717, 1.165) is 16.9 Å². The number of aromatic amines is 1. The Hall–Kier alpha value is -2.16. The van der Waals surface area contributed by atoms with Gasteiger partial charge in [-0.25, -0.2) is 4.98 Å². The molecule has 0 aliphatic heterocycles. The summed E-state index contributed by atoms with van der Waals surface area (Å²) in [5.41, 5.74) is 3.22. The van der Waals surface area contributed by atoms with E-state index in [1.807, 2.05) is 18.3 Å². The van der Waals surface area contributed by atoms with Crippen molar-refractivity contribution in [1.29, 1.82) is 0 Å². The number of rotatable bonds is 2. The first-order chi connectivity index (χ1) is 8.34. The van der Waals surface area contributed by atoms with Crippen molar-refractivity contribution in [2.75, 3.05) is 0 Å². The molecule has 0 amide bonds. The van der Waals surface area contributed by atoms with Gasteiger partial charge in [0.25, 0.3) is 0 Å². The summed E-state index contributed by atoms with van der Waals surface area (Å²) in [5, 5.41) is 0. The molecule has 0 bridgehead atoms. The van der Waals surface area contributed by atoms with Gasteiger partial charge in [0.1, 0.15) is 5.82 Å². The Labute approximate surface area is 99.5 Å². The van der Waals surface area contributed by atoms with E-state index in [1.54, 1.807) is 6.20 Å². The molecule has 17 heavy (non-hydrogen) atoms. The highest BCUT2D eigenvalue weighted by atomic mass is 14.9. The third-order valence-electron chi connectivity index (χ3n) is 3.01. The Morgan fingerprint density at radius 2 is 1.94 bits per heavy atom. The Balaban J connectivity index is 2.04. The maximum Gasteiger partial charge on any atom is 0.114 e. The van der Waals surface area contributed by atoms with Crippen LogP contribution in [0.3, 0.4) is 0 Å². The molecule has 3 rings (SSSR count). The van der Waals surface area contributed by atoms with Gasteiger partial charge in [-0.2, -0.15) is 0 Å². The number of imidazole rings is 1. The standard InChI is InChI=1S/C14H13N3/c1-10(11-5-3-2-4-6-11)14-16-12-7-8-15-9-13(12)17-14/h2-10H,1H3,(H,16,17). The van der Waals surface area contributed by atoms with Gasteiger partial charge in [0.2, 0.25) is 0 Å². The molecule has 0 saturated heterocycles. The molecule has 1 atom stereocenters. The third kappa shape index (κ3) is 1.80. The van der Waals surface area contributed by atoms with Crippen LogP contribution in [-0.4, -0.2) is 15.0 Å². The third-order valence-corrected chi connectivity index (χ3v) is 3.01. The predicted molar refractivity (Wildman–Crippen MR) is 67.8 cm³/mol. The van der Waals surface area contributed by atoms with Gasteiger partial charge in [-0.1, -0.05) is 37.3 Å². The van der Waals surface area contributed by atoms with Gasteiger partial charge >= 0.3 is 0 Å². The molecule has 0 radical (unpaired) electrons. The van der Waals surface area contributed by atoms with Gasteiger partial charge in [-0.3, -0.25) is 4.98 Å². The number of benzene rings is 1. The van der Waals surface area contributed by atoms with Crippen LogP contribution in [-0.2, 0) is 0 Å². The monoisotopic (exact) mass is 223 g/mol. The molecular weight excluding hydrogens is 210 g/mol. The largest absolute Gasteiger partial charge is 0.340 e. The van der Waals surface area contributed by atoms with E-state index in [2.05, 4.69) is 46.1 Å². The number of aromatic nitrogens is 3. The molecule has 0 fully saturated rings. The second kappa shape index (κ2) is 4.01. The highest BCUT2D eigenvalue weighted by Gasteiger charge is 2.12. The van der Waals surface area contributed by atoms with E-state index in [1.165, 1.54) is 5.56 Å². The van der Waals surface area contributed by atoms with Gasteiger partial charge in [-0.15, -0.1) is 0 Å². The van der Waals surface area contributed by atoms with Gasteiger partial charge < -0.3 is 4.98 Å². The lowest BCUT2D eigenvalue weighted by molar-refractivity contribution is 0.845. The highest BCUT2D eigenvalue weighted by molar-refractivity contribution is 5.73. The van der Waals surface area contributed by atoms with Crippen LogP contribution in [0, 0.1) is 0 Å². The normalized spacial score (nSPS) is 12.8. The Bertz CT molecular complexity index is 595. The van der Waals surface area contributed by atoms with Gasteiger partial charge in [-0.05, 0) is 11.6 Å². The predicted octanol–water partition coefficient (Wildman–Crippen LogP) is 3.11. The van der Waals surface area contributed by atoms with E-state index in [4.69, 9.17) is 0 Å². The fourth-order valence-electron chi connectivity index (χ4n) is 1.98. The summed E-state index contributed by atoms with van der Waals surface area (Å²) in [6, 6.07) is 12.3. The molecule has 0 aliphatic carbocycles. The van der Waals surface area contributed by atoms with Crippen LogP contribution >= 0.6 is 0 Å². The molecule has 1 N–H and O–H groups in total. The fraction of sp³-hybridized carbons (Fsp3) is 0.143. The number of hydrogen-bond acceptors (Lipinski definition) is 2. The second-order valence-corrected chi connectivity index (χ2v) is 4.15. The fourth-order valence-corrected chi connectivity index (χ4v) is 1.98. The molecular formula is C14H13N3. The Kier molecular flexibility index (Phi) is 2.37. The van der Waals surface area contributed by atoms with E-state index in [9.17, 15) is 0 Å². The second-order valence-electron chi connectivity index (χ2n) is 4.15. The molecule has 1 aromatic carbocycles. The maximum absolute atomic E-state index is 4.59. The molecule has 2 aromatic heterocycles. The van der Waals surface area contributed by atoms with Crippen molar-refractivity contribution in [2.45, 2.75) is 12.8 Å². The summed E-state index contributed by atoms with van der Waals surface area (Å²) in [4.78, 5) is 12.0. The van der Waals surface area contributed by atoms with Crippen molar-refractivity contribution >= 4 is 11.0 Å². The minimum atomic E-state index is 0.267. The van der Waals surface area contributed by atoms with Gasteiger partial charge in [0, 0.05) is 12.1 Å². The lowest BCUT2D eigenvalue weighted by Crippen LogP contribution is -1.97. The average Bonchev–Trinajstić information content (AvgIpc) is 2.82. The van der Waals surface area contributed by atoms with Crippen LogP contribution in [0.4, 0.5) is 0 Å². The van der Waals surface area contributed by atoms with Crippen molar-refractivity contribution < 1.29 is 0 Å². The van der Waals surface area contributed by atoms with Crippen LogP contribution in [0.5, 0.6) is 0 Å².